The summed E-state index contributed by atoms with van der Waals surface area (Å²) >= 11 is 0. The van der Waals surface area contributed by atoms with Crippen LogP contribution in [0.15, 0.2) is 42.5 Å². The molecule has 0 aromatic heterocycles. The van der Waals surface area contributed by atoms with Crippen molar-refractivity contribution in [1.29, 1.82) is 0 Å². The van der Waals surface area contributed by atoms with Crippen LogP contribution in [-0.2, 0) is 9.59 Å². The van der Waals surface area contributed by atoms with Gasteiger partial charge in [0.1, 0.15) is 5.75 Å². The summed E-state index contributed by atoms with van der Waals surface area (Å²) in [6.45, 7) is 6.77. The minimum absolute atomic E-state index is 0.0575. The van der Waals surface area contributed by atoms with E-state index in [1.165, 1.54) is 0 Å². The number of hydrogen-bond donors (Lipinski definition) is 1. The van der Waals surface area contributed by atoms with E-state index in [-0.39, 0.29) is 24.2 Å². The highest BCUT2D eigenvalue weighted by atomic mass is 16.5. The third-order valence-electron chi connectivity index (χ3n) is 4.59. The molecule has 1 heterocycles. The highest BCUT2D eigenvalue weighted by molar-refractivity contribution is 6.04. The molecule has 0 spiro atoms. The summed E-state index contributed by atoms with van der Waals surface area (Å²) in [5.41, 5.74) is 3.68. The number of para-hydroxylation sites is 2. The minimum Gasteiger partial charge on any atom is -0.492 e. The molecule has 0 radical (unpaired) electrons. The molecule has 1 aliphatic rings. The van der Waals surface area contributed by atoms with Gasteiger partial charge in [0.15, 0.2) is 0 Å². The molecular formula is C21H24N2O3. The third-order valence-corrected chi connectivity index (χ3v) is 4.59. The number of carbonyl (C=O) groups is 2. The van der Waals surface area contributed by atoms with Crippen molar-refractivity contribution >= 4 is 23.2 Å². The molecule has 0 aliphatic carbocycles. The second kappa shape index (κ2) is 7.60. The Morgan fingerprint density at radius 3 is 2.73 bits per heavy atom. The lowest BCUT2D eigenvalue weighted by Crippen LogP contribution is -2.28. The first kappa shape index (κ1) is 18.0. The van der Waals surface area contributed by atoms with Gasteiger partial charge in [-0.15, -0.1) is 0 Å². The van der Waals surface area contributed by atoms with Crippen LogP contribution in [0.1, 0.15) is 24.5 Å². The van der Waals surface area contributed by atoms with Gasteiger partial charge in [-0.25, -0.2) is 0 Å². The van der Waals surface area contributed by atoms with Gasteiger partial charge in [0, 0.05) is 18.7 Å². The van der Waals surface area contributed by atoms with Gasteiger partial charge in [0.25, 0.3) is 0 Å². The molecule has 2 amide bonds. The van der Waals surface area contributed by atoms with Crippen LogP contribution in [0.3, 0.4) is 0 Å². The van der Waals surface area contributed by atoms with Crippen LogP contribution in [0.5, 0.6) is 5.75 Å². The summed E-state index contributed by atoms with van der Waals surface area (Å²) in [6, 6.07) is 13.3. The van der Waals surface area contributed by atoms with E-state index in [0.717, 1.165) is 22.5 Å². The number of carbonyl (C=O) groups excluding carboxylic acids is 2. The van der Waals surface area contributed by atoms with Crippen molar-refractivity contribution in [3.63, 3.8) is 0 Å². The number of aryl methyl sites for hydroxylation is 2. The van der Waals surface area contributed by atoms with Gasteiger partial charge >= 0.3 is 0 Å². The summed E-state index contributed by atoms with van der Waals surface area (Å²) in [5.74, 6) is 0.108. The van der Waals surface area contributed by atoms with E-state index in [1.807, 2.05) is 63.2 Å². The Bertz CT molecular complexity index is 832. The summed E-state index contributed by atoms with van der Waals surface area (Å²) < 4.78 is 5.62. The van der Waals surface area contributed by atoms with E-state index in [9.17, 15) is 9.59 Å². The number of nitrogens with one attached hydrogen (secondary N) is 1. The summed E-state index contributed by atoms with van der Waals surface area (Å²) in [5, 5.41) is 2.96. The molecule has 3 rings (SSSR count). The molecule has 2 aromatic carbocycles. The summed E-state index contributed by atoms with van der Waals surface area (Å²) in [6.07, 6.45) is 0.206. The van der Waals surface area contributed by atoms with Gasteiger partial charge in [-0.1, -0.05) is 29.8 Å². The van der Waals surface area contributed by atoms with Crippen LogP contribution in [0.2, 0.25) is 0 Å². The van der Waals surface area contributed by atoms with Crippen molar-refractivity contribution in [1.82, 2.24) is 0 Å². The molecule has 1 aliphatic heterocycles. The van der Waals surface area contributed by atoms with Crippen molar-refractivity contribution in [2.75, 3.05) is 23.4 Å². The molecular weight excluding hydrogens is 328 g/mol. The molecule has 5 nitrogen and oxygen atoms in total. The summed E-state index contributed by atoms with van der Waals surface area (Å²) in [4.78, 5) is 26.8. The Morgan fingerprint density at radius 1 is 1.23 bits per heavy atom. The fraction of sp³-hybridized carbons (Fsp3) is 0.333. The van der Waals surface area contributed by atoms with Crippen LogP contribution in [0.4, 0.5) is 11.4 Å². The number of amides is 2. The largest absolute Gasteiger partial charge is 0.492 e. The highest BCUT2D eigenvalue weighted by Gasteiger charge is 2.36. The topological polar surface area (TPSA) is 58.6 Å². The van der Waals surface area contributed by atoms with Gasteiger partial charge in [-0.05, 0) is 44.5 Å². The standard InChI is InChI=1S/C21H24N2O3/c1-4-26-19-8-6-5-7-18(19)23-13-16(12-20(23)24)21(25)22-17-10-9-14(2)11-15(17)3/h5-11,16H,4,12-13H2,1-3H3,(H,22,25)/t16-/m1/s1. The second-order valence-corrected chi connectivity index (χ2v) is 6.61. The molecule has 1 atom stereocenters. The van der Waals surface area contributed by atoms with Crippen LogP contribution < -0.4 is 15.0 Å². The SMILES string of the molecule is CCOc1ccccc1N1C[C@H](C(=O)Nc2ccc(C)cc2C)CC1=O. The molecule has 1 N–H and O–H groups in total. The third kappa shape index (κ3) is 3.72. The number of benzene rings is 2. The first-order valence-corrected chi connectivity index (χ1v) is 8.90. The lowest BCUT2D eigenvalue weighted by Gasteiger charge is -2.20. The quantitative estimate of drug-likeness (QED) is 0.893. The Morgan fingerprint density at radius 2 is 2.00 bits per heavy atom. The Balaban J connectivity index is 1.74. The van der Waals surface area contributed by atoms with Crippen molar-refractivity contribution in [2.45, 2.75) is 27.2 Å². The first-order valence-electron chi connectivity index (χ1n) is 8.90. The monoisotopic (exact) mass is 352 g/mol. The minimum atomic E-state index is -0.377. The maximum Gasteiger partial charge on any atom is 0.229 e. The maximum absolute atomic E-state index is 12.7. The average Bonchev–Trinajstić information content (AvgIpc) is 3.00. The Labute approximate surface area is 154 Å². The lowest BCUT2D eigenvalue weighted by molar-refractivity contribution is -0.122. The van der Waals surface area contributed by atoms with E-state index in [4.69, 9.17) is 4.74 Å². The second-order valence-electron chi connectivity index (χ2n) is 6.61. The van der Waals surface area contributed by atoms with Crippen molar-refractivity contribution in [3.05, 3.63) is 53.6 Å². The number of nitrogens with zero attached hydrogens (tertiary/aromatic N) is 1. The van der Waals surface area contributed by atoms with Crippen LogP contribution in [0, 0.1) is 19.8 Å². The van der Waals surface area contributed by atoms with Gasteiger partial charge in [-0.2, -0.15) is 0 Å². The number of rotatable bonds is 5. The van der Waals surface area contributed by atoms with Crippen LogP contribution in [-0.4, -0.2) is 25.0 Å². The number of ether oxygens (including phenoxy) is 1. The maximum atomic E-state index is 12.7. The Hall–Kier alpha value is -2.82. The number of hydrogen-bond acceptors (Lipinski definition) is 3. The summed E-state index contributed by atoms with van der Waals surface area (Å²) in [7, 11) is 0. The van der Waals surface area contributed by atoms with E-state index in [2.05, 4.69) is 5.32 Å². The number of anilines is 2. The van der Waals surface area contributed by atoms with E-state index in [0.29, 0.717) is 18.9 Å². The zero-order chi connectivity index (χ0) is 18.7. The molecule has 26 heavy (non-hydrogen) atoms. The van der Waals surface area contributed by atoms with Gasteiger partial charge in [0.05, 0.1) is 18.2 Å². The van der Waals surface area contributed by atoms with E-state index in [1.54, 1.807) is 4.90 Å². The fourth-order valence-corrected chi connectivity index (χ4v) is 3.26. The van der Waals surface area contributed by atoms with E-state index < -0.39 is 0 Å². The van der Waals surface area contributed by atoms with Crippen LogP contribution >= 0.6 is 0 Å². The Kier molecular flexibility index (Phi) is 5.26. The predicted octanol–water partition coefficient (Wildman–Crippen LogP) is 3.69. The first-order chi connectivity index (χ1) is 12.5. The molecule has 5 heteroatoms. The van der Waals surface area contributed by atoms with Crippen molar-refractivity contribution < 1.29 is 14.3 Å². The fourth-order valence-electron chi connectivity index (χ4n) is 3.26. The lowest BCUT2D eigenvalue weighted by atomic mass is 10.1. The zero-order valence-corrected chi connectivity index (χ0v) is 15.4. The molecule has 136 valence electrons. The molecule has 0 unspecified atom stereocenters. The van der Waals surface area contributed by atoms with Crippen molar-refractivity contribution in [2.24, 2.45) is 5.92 Å². The van der Waals surface area contributed by atoms with Crippen LogP contribution in [0.25, 0.3) is 0 Å². The van der Waals surface area contributed by atoms with Gasteiger partial charge in [0.2, 0.25) is 11.8 Å². The van der Waals surface area contributed by atoms with Crippen molar-refractivity contribution in [3.8, 4) is 5.75 Å². The molecule has 2 aromatic rings. The average molecular weight is 352 g/mol. The molecule has 0 bridgehead atoms. The molecule has 1 saturated heterocycles. The van der Waals surface area contributed by atoms with Gasteiger partial charge in [-0.3, -0.25) is 9.59 Å². The molecule has 1 fully saturated rings. The smallest absolute Gasteiger partial charge is 0.229 e. The highest BCUT2D eigenvalue weighted by Crippen LogP contribution is 2.33. The van der Waals surface area contributed by atoms with Gasteiger partial charge < -0.3 is 15.0 Å². The predicted molar refractivity (Wildman–Crippen MR) is 103 cm³/mol. The normalized spacial score (nSPS) is 16.7. The zero-order valence-electron chi connectivity index (χ0n) is 15.4. The van der Waals surface area contributed by atoms with E-state index >= 15 is 0 Å². The molecule has 0 saturated carbocycles.